The predicted octanol–water partition coefficient (Wildman–Crippen LogP) is 6.01. The third-order valence-corrected chi connectivity index (χ3v) is 6.81. The molecule has 0 saturated heterocycles. The minimum Gasteiger partial charge on any atom is -0.304 e. The van der Waals surface area contributed by atoms with E-state index in [1.54, 1.807) is 0 Å². The van der Waals surface area contributed by atoms with Crippen LogP contribution in [0.15, 0.2) is 59.4 Å². The molecular weight excluding hydrogens is 370 g/mol. The number of rotatable bonds is 6. The van der Waals surface area contributed by atoms with E-state index in [0.29, 0.717) is 13.0 Å². The average Bonchev–Trinajstić information content (AvgIpc) is 2.80. The Balaban J connectivity index is 1.70. The fourth-order valence-electron chi connectivity index (χ4n) is 4.85. The summed E-state index contributed by atoms with van der Waals surface area (Å²) in [6, 6.07) is 17.9. The van der Waals surface area contributed by atoms with Gasteiger partial charge in [-0.2, -0.15) is 0 Å². The molecule has 156 valence electrons. The summed E-state index contributed by atoms with van der Waals surface area (Å²) in [4.78, 5) is 26.2. The number of ketones is 1. The maximum atomic E-state index is 13.2. The minimum absolute atomic E-state index is 0.0609. The molecule has 2 aromatic carbocycles. The van der Waals surface area contributed by atoms with Crippen molar-refractivity contribution < 1.29 is 4.79 Å². The van der Waals surface area contributed by atoms with Gasteiger partial charge in [0.1, 0.15) is 0 Å². The lowest BCUT2D eigenvalue weighted by Gasteiger charge is -2.27. The first-order valence-electron chi connectivity index (χ1n) is 11.3. The molecule has 0 N–H and O–H groups in total. The molecule has 0 aliphatic heterocycles. The topological polar surface area (TPSA) is 39.1 Å². The number of Topliss-reactive ketones (excluding diaryl/α,β-unsaturated/α-hetero) is 1. The normalized spacial score (nSPS) is 19.1. The fourth-order valence-corrected chi connectivity index (χ4v) is 4.85. The number of hydrogen-bond donors (Lipinski definition) is 0. The molecular formula is C27H31NO2. The summed E-state index contributed by atoms with van der Waals surface area (Å²) >= 11 is 0. The lowest BCUT2D eigenvalue weighted by molar-refractivity contribution is 0.0871. The summed E-state index contributed by atoms with van der Waals surface area (Å²) in [5.41, 5.74) is 3.64. The second-order valence-corrected chi connectivity index (χ2v) is 8.66. The molecule has 4 rings (SSSR count). The van der Waals surface area contributed by atoms with Crippen molar-refractivity contribution in [3.63, 3.8) is 0 Å². The van der Waals surface area contributed by atoms with E-state index in [0.717, 1.165) is 59.2 Å². The van der Waals surface area contributed by atoms with Crippen LogP contribution in [0.4, 0.5) is 0 Å². The number of aromatic nitrogens is 1. The van der Waals surface area contributed by atoms with Crippen molar-refractivity contribution in [3.8, 4) is 0 Å². The third kappa shape index (κ3) is 4.12. The largest absolute Gasteiger partial charge is 0.304 e. The number of benzene rings is 2. The second-order valence-electron chi connectivity index (χ2n) is 8.66. The van der Waals surface area contributed by atoms with Gasteiger partial charge in [0.25, 0.3) is 5.56 Å². The van der Waals surface area contributed by atoms with Gasteiger partial charge in [0.2, 0.25) is 0 Å². The van der Waals surface area contributed by atoms with E-state index < -0.39 is 0 Å². The van der Waals surface area contributed by atoms with Crippen molar-refractivity contribution in [1.29, 1.82) is 0 Å². The fraction of sp³-hybridized carbons (Fsp3) is 0.407. The van der Waals surface area contributed by atoms with Crippen LogP contribution in [0.5, 0.6) is 0 Å². The number of carbonyl (C=O) groups is 1. The molecule has 1 aliphatic rings. The molecule has 0 radical (unpaired) electrons. The molecule has 1 aliphatic carbocycles. The van der Waals surface area contributed by atoms with Gasteiger partial charge in [-0.1, -0.05) is 50.6 Å². The Hall–Kier alpha value is -2.68. The molecule has 0 atom stereocenters. The van der Waals surface area contributed by atoms with Crippen molar-refractivity contribution in [1.82, 2.24) is 4.57 Å². The molecule has 1 saturated carbocycles. The van der Waals surface area contributed by atoms with E-state index >= 15 is 0 Å². The first-order chi connectivity index (χ1) is 14.6. The maximum Gasteiger partial charge on any atom is 0.254 e. The van der Waals surface area contributed by atoms with Crippen LogP contribution in [-0.2, 0) is 13.0 Å². The first-order valence-corrected chi connectivity index (χ1v) is 11.3. The van der Waals surface area contributed by atoms with Crippen LogP contribution < -0.4 is 5.56 Å². The Morgan fingerprint density at radius 3 is 2.37 bits per heavy atom. The van der Waals surface area contributed by atoms with E-state index in [1.807, 2.05) is 66.1 Å². The molecule has 30 heavy (non-hydrogen) atoms. The molecule has 1 aromatic heterocycles. The molecule has 3 nitrogen and oxygen atoms in total. The maximum absolute atomic E-state index is 13.2. The molecule has 1 fully saturated rings. The summed E-state index contributed by atoms with van der Waals surface area (Å²) in [5, 5.41) is 0.982. The summed E-state index contributed by atoms with van der Waals surface area (Å²) < 4.78 is 1.85. The van der Waals surface area contributed by atoms with Gasteiger partial charge in [0.15, 0.2) is 5.78 Å². The zero-order valence-corrected chi connectivity index (χ0v) is 18.1. The Kier molecular flexibility index (Phi) is 6.17. The molecule has 0 spiro atoms. The first kappa shape index (κ1) is 20.6. The number of pyridine rings is 1. The van der Waals surface area contributed by atoms with Crippen LogP contribution in [0.3, 0.4) is 0 Å². The number of fused-ring (bicyclic) bond motifs is 1. The van der Waals surface area contributed by atoms with Gasteiger partial charge < -0.3 is 4.57 Å². The highest BCUT2D eigenvalue weighted by Gasteiger charge is 2.26. The van der Waals surface area contributed by atoms with E-state index in [4.69, 9.17) is 0 Å². The third-order valence-electron chi connectivity index (χ3n) is 6.81. The quantitative estimate of drug-likeness (QED) is 0.474. The van der Waals surface area contributed by atoms with Crippen molar-refractivity contribution in [2.24, 2.45) is 11.8 Å². The Morgan fingerprint density at radius 2 is 1.70 bits per heavy atom. The van der Waals surface area contributed by atoms with Crippen molar-refractivity contribution in [2.75, 3.05) is 0 Å². The van der Waals surface area contributed by atoms with Crippen molar-refractivity contribution in [2.45, 2.75) is 58.9 Å². The van der Waals surface area contributed by atoms with Gasteiger partial charge in [0, 0.05) is 17.0 Å². The highest BCUT2D eigenvalue weighted by molar-refractivity contribution is 6.01. The zero-order chi connectivity index (χ0) is 21.1. The van der Waals surface area contributed by atoms with E-state index in [9.17, 15) is 9.59 Å². The van der Waals surface area contributed by atoms with Crippen LogP contribution in [0.25, 0.3) is 10.9 Å². The van der Waals surface area contributed by atoms with Crippen LogP contribution in [0.1, 0.15) is 67.4 Å². The van der Waals surface area contributed by atoms with Gasteiger partial charge in [0.05, 0.1) is 12.1 Å². The molecule has 0 bridgehead atoms. The summed E-state index contributed by atoms with van der Waals surface area (Å²) in [7, 11) is 0. The van der Waals surface area contributed by atoms with Crippen LogP contribution in [-0.4, -0.2) is 10.4 Å². The van der Waals surface area contributed by atoms with Gasteiger partial charge in [-0.25, -0.2) is 0 Å². The lowest BCUT2D eigenvalue weighted by atomic mass is 9.77. The molecule has 0 unspecified atom stereocenters. The Morgan fingerprint density at radius 1 is 0.967 bits per heavy atom. The Bertz CT molecular complexity index is 1090. The SMILES string of the molecule is CCc1cc2cc(C(=O)C3CCC(CC)CC3)ccc2n(Cc2ccccc2)c1=O. The number of carbonyl (C=O) groups excluding carboxylic acids is 1. The molecule has 0 amide bonds. The minimum atomic E-state index is 0.0609. The predicted molar refractivity (Wildman–Crippen MR) is 123 cm³/mol. The number of hydrogen-bond acceptors (Lipinski definition) is 2. The highest BCUT2D eigenvalue weighted by atomic mass is 16.1. The van der Waals surface area contributed by atoms with Gasteiger partial charge in [-0.15, -0.1) is 0 Å². The van der Waals surface area contributed by atoms with Crippen LogP contribution in [0.2, 0.25) is 0 Å². The monoisotopic (exact) mass is 401 g/mol. The van der Waals surface area contributed by atoms with E-state index in [2.05, 4.69) is 6.92 Å². The van der Waals surface area contributed by atoms with Gasteiger partial charge in [-0.05, 0) is 73.2 Å². The summed E-state index contributed by atoms with van der Waals surface area (Å²) in [5.74, 6) is 1.20. The van der Waals surface area contributed by atoms with Gasteiger partial charge >= 0.3 is 0 Å². The highest BCUT2D eigenvalue weighted by Crippen LogP contribution is 2.33. The van der Waals surface area contributed by atoms with Gasteiger partial charge in [-0.3, -0.25) is 9.59 Å². The van der Waals surface area contributed by atoms with E-state index in [-0.39, 0.29) is 17.3 Å². The summed E-state index contributed by atoms with van der Waals surface area (Å²) in [6.07, 6.45) is 6.23. The molecule has 3 aromatic rings. The summed E-state index contributed by atoms with van der Waals surface area (Å²) in [6.45, 7) is 4.80. The van der Waals surface area contributed by atoms with Crippen molar-refractivity contribution >= 4 is 16.7 Å². The van der Waals surface area contributed by atoms with Crippen LogP contribution in [0, 0.1) is 11.8 Å². The average molecular weight is 402 g/mol. The lowest BCUT2D eigenvalue weighted by Crippen LogP contribution is -2.25. The molecule has 3 heteroatoms. The number of nitrogens with zero attached hydrogens (tertiary/aromatic N) is 1. The standard InChI is InChI=1S/C27H31NO2/c1-3-19-10-12-22(13-11-19)26(29)23-14-15-25-24(17-23)16-21(4-2)27(30)28(25)18-20-8-6-5-7-9-20/h5-9,14-17,19,22H,3-4,10-13,18H2,1-2H3. The number of aryl methyl sites for hydroxylation is 1. The molecule has 1 heterocycles. The van der Waals surface area contributed by atoms with Crippen LogP contribution >= 0.6 is 0 Å². The second kappa shape index (κ2) is 8.99. The zero-order valence-electron chi connectivity index (χ0n) is 18.1. The smallest absolute Gasteiger partial charge is 0.254 e. The Labute approximate surface area is 178 Å². The van der Waals surface area contributed by atoms with Crippen molar-refractivity contribution in [3.05, 3.63) is 81.6 Å². The van der Waals surface area contributed by atoms with E-state index in [1.165, 1.54) is 6.42 Å².